The quantitative estimate of drug-likeness (QED) is 0.303. The van der Waals surface area contributed by atoms with Crippen LogP contribution in [0.25, 0.3) is 0 Å². The summed E-state index contributed by atoms with van der Waals surface area (Å²) in [5.41, 5.74) is 3.37. The molecule has 0 aliphatic rings. The number of rotatable bonds is 7. The molecule has 0 fully saturated rings. The zero-order valence-corrected chi connectivity index (χ0v) is 18.2. The first-order chi connectivity index (χ1) is 14.8. The minimum absolute atomic E-state index is 0.803. The van der Waals surface area contributed by atoms with Gasteiger partial charge in [0.1, 0.15) is 22.9 Å². The Morgan fingerprint density at radius 3 is 1.30 bits per heavy atom. The fourth-order valence-electron chi connectivity index (χ4n) is 2.85. The van der Waals surface area contributed by atoms with E-state index >= 15 is 0 Å². The molecule has 0 atom stereocenters. The fraction of sp³-hybridized carbons (Fsp3) is 0.0833. The first-order valence-electron chi connectivity index (χ1n) is 9.30. The average Bonchev–Trinajstić information content (AvgIpc) is 3.51. The second-order valence-corrected chi connectivity index (χ2v) is 8.17. The maximum Gasteiger partial charge on any atom is 0.119 e. The molecular formula is C24H20N2O2S2. The fourth-order valence-corrected chi connectivity index (χ4v) is 4.28. The maximum atomic E-state index is 5.27. The summed E-state index contributed by atoms with van der Waals surface area (Å²) < 4.78 is 10.5. The highest BCUT2D eigenvalue weighted by Gasteiger charge is 2.17. The molecule has 2 heterocycles. The van der Waals surface area contributed by atoms with E-state index in [1.54, 1.807) is 36.9 Å². The smallest absolute Gasteiger partial charge is 0.119 e. The molecule has 0 unspecified atom stereocenters. The first-order valence-corrected chi connectivity index (χ1v) is 11.1. The van der Waals surface area contributed by atoms with Crippen LogP contribution in [0.3, 0.4) is 0 Å². The number of aliphatic imine (C=N–C) groups is 2. The van der Waals surface area contributed by atoms with Gasteiger partial charge in [-0.05, 0) is 71.4 Å². The molecule has 0 saturated heterocycles. The van der Waals surface area contributed by atoms with Gasteiger partial charge in [-0.1, -0.05) is 12.1 Å². The van der Waals surface area contributed by atoms with Crippen LogP contribution in [0.2, 0.25) is 0 Å². The Balaban J connectivity index is 1.85. The number of hydrogen-bond donors (Lipinski definition) is 0. The van der Waals surface area contributed by atoms with Gasteiger partial charge in [0, 0.05) is 0 Å². The number of nitrogens with zero attached hydrogens (tertiary/aromatic N) is 2. The molecule has 4 aromatic rings. The van der Waals surface area contributed by atoms with Crippen molar-refractivity contribution in [2.45, 2.75) is 0 Å². The highest BCUT2D eigenvalue weighted by atomic mass is 32.1. The van der Waals surface area contributed by atoms with Crippen molar-refractivity contribution < 1.29 is 9.47 Å². The lowest BCUT2D eigenvalue weighted by molar-refractivity contribution is 0.415. The second-order valence-electron chi connectivity index (χ2n) is 6.27. The summed E-state index contributed by atoms with van der Waals surface area (Å²) in [4.78, 5) is 12.1. The molecule has 4 nitrogen and oxygen atoms in total. The van der Waals surface area contributed by atoms with Crippen LogP contribution < -0.4 is 9.47 Å². The maximum absolute atomic E-state index is 5.27. The van der Waals surface area contributed by atoms with Crippen molar-refractivity contribution in [3.05, 3.63) is 93.3 Å². The van der Waals surface area contributed by atoms with Crippen molar-refractivity contribution in [1.29, 1.82) is 0 Å². The van der Waals surface area contributed by atoms with Gasteiger partial charge in [-0.25, -0.2) is 9.98 Å². The van der Waals surface area contributed by atoms with E-state index in [9.17, 15) is 0 Å². The predicted octanol–water partition coefficient (Wildman–Crippen LogP) is 6.77. The molecule has 30 heavy (non-hydrogen) atoms. The Labute approximate surface area is 183 Å². The van der Waals surface area contributed by atoms with E-state index in [-0.39, 0.29) is 0 Å². The molecule has 2 aromatic carbocycles. The summed E-state index contributed by atoms with van der Waals surface area (Å²) in [5, 5.41) is 4.11. The predicted molar refractivity (Wildman–Crippen MR) is 127 cm³/mol. The molecule has 0 bridgehead atoms. The summed E-state index contributed by atoms with van der Waals surface area (Å²) >= 11 is 3.30. The van der Waals surface area contributed by atoms with Crippen LogP contribution in [0.4, 0.5) is 11.4 Å². The summed E-state index contributed by atoms with van der Waals surface area (Å²) in [6.45, 7) is 0. The number of hydrogen-bond acceptors (Lipinski definition) is 6. The van der Waals surface area contributed by atoms with E-state index in [0.29, 0.717) is 0 Å². The zero-order chi connectivity index (χ0) is 20.8. The molecule has 0 aliphatic carbocycles. The van der Waals surface area contributed by atoms with Crippen molar-refractivity contribution in [3.8, 4) is 11.5 Å². The second kappa shape index (κ2) is 9.52. The monoisotopic (exact) mass is 432 g/mol. The van der Waals surface area contributed by atoms with Crippen LogP contribution in [-0.4, -0.2) is 25.6 Å². The van der Waals surface area contributed by atoms with E-state index in [4.69, 9.17) is 19.5 Å². The molecule has 0 amide bonds. The molecule has 0 aliphatic heterocycles. The molecular weight excluding hydrogens is 412 g/mol. The van der Waals surface area contributed by atoms with E-state index in [2.05, 4.69) is 22.9 Å². The highest BCUT2D eigenvalue weighted by Crippen LogP contribution is 2.26. The number of benzene rings is 2. The molecule has 150 valence electrons. The molecule has 2 aromatic heterocycles. The number of ether oxygens (including phenoxy) is 2. The van der Waals surface area contributed by atoms with Gasteiger partial charge >= 0.3 is 0 Å². The van der Waals surface area contributed by atoms with Gasteiger partial charge in [-0.3, -0.25) is 0 Å². The Kier molecular flexibility index (Phi) is 6.37. The summed E-state index contributed by atoms with van der Waals surface area (Å²) in [6.07, 6.45) is 0. The molecule has 0 N–H and O–H groups in total. The summed E-state index contributed by atoms with van der Waals surface area (Å²) in [5.74, 6) is 1.61. The summed E-state index contributed by atoms with van der Waals surface area (Å²) in [6, 6.07) is 23.7. The van der Waals surface area contributed by atoms with Gasteiger partial charge in [0.25, 0.3) is 0 Å². The minimum Gasteiger partial charge on any atom is -0.497 e. The molecule has 0 radical (unpaired) electrons. The van der Waals surface area contributed by atoms with Crippen molar-refractivity contribution >= 4 is 45.5 Å². The SMILES string of the molecule is COc1ccc(N=C(C(=Nc2ccc(OC)cc2)c2cccs2)c2cccs2)cc1. The molecule has 0 saturated carbocycles. The third-order valence-electron chi connectivity index (χ3n) is 4.36. The van der Waals surface area contributed by atoms with Crippen LogP contribution >= 0.6 is 22.7 Å². The lowest BCUT2D eigenvalue weighted by atomic mass is 10.1. The van der Waals surface area contributed by atoms with Crippen molar-refractivity contribution in [2.75, 3.05) is 14.2 Å². The van der Waals surface area contributed by atoms with E-state index in [1.165, 1.54) is 0 Å². The standard InChI is InChI=1S/C24H20N2O2S2/c1-27-19-11-7-17(8-12-19)25-23(21-5-3-15-29-21)24(22-6-4-16-30-22)26-18-9-13-20(28-2)14-10-18/h3-16H,1-2H3. The highest BCUT2D eigenvalue weighted by molar-refractivity contribution is 7.15. The number of methoxy groups -OCH3 is 2. The normalized spacial score (nSPS) is 12.1. The zero-order valence-electron chi connectivity index (χ0n) is 16.6. The van der Waals surface area contributed by atoms with Crippen molar-refractivity contribution in [2.24, 2.45) is 9.98 Å². The van der Waals surface area contributed by atoms with Crippen LogP contribution in [0.1, 0.15) is 9.75 Å². The minimum atomic E-state index is 0.803. The third kappa shape index (κ3) is 4.67. The Bertz CT molecular complexity index is 1040. The van der Waals surface area contributed by atoms with Gasteiger partial charge in [0.15, 0.2) is 0 Å². The topological polar surface area (TPSA) is 43.2 Å². The van der Waals surface area contributed by atoms with Crippen LogP contribution in [-0.2, 0) is 0 Å². The number of thiophene rings is 2. The van der Waals surface area contributed by atoms with E-state index in [0.717, 1.165) is 44.1 Å². The largest absolute Gasteiger partial charge is 0.497 e. The van der Waals surface area contributed by atoms with Gasteiger partial charge in [0.2, 0.25) is 0 Å². The lowest BCUT2D eigenvalue weighted by Crippen LogP contribution is -2.14. The van der Waals surface area contributed by atoms with Gasteiger partial charge in [-0.15, -0.1) is 22.7 Å². The summed E-state index contributed by atoms with van der Waals surface area (Å²) in [7, 11) is 3.32. The van der Waals surface area contributed by atoms with E-state index in [1.807, 2.05) is 60.7 Å². The van der Waals surface area contributed by atoms with Gasteiger partial charge in [0.05, 0.1) is 35.3 Å². The first kappa shape index (κ1) is 20.1. The van der Waals surface area contributed by atoms with Crippen LogP contribution in [0, 0.1) is 0 Å². The Morgan fingerprint density at radius 1 is 0.600 bits per heavy atom. The van der Waals surface area contributed by atoms with Crippen LogP contribution in [0.15, 0.2) is 93.5 Å². The van der Waals surface area contributed by atoms with E-state index < -0.39 is 0 Å². The van der Waals surface area contributed by atoms with Gasteiger partial charge < -0.3 is 9.47 Å². The lowest BCUT2D eigenvalue weighted by Gasteiger charge is -2.09. The van der Waals surface area contributed by atoms with Crippen molar-refractivity contribution in [3.63, 3.8) is 0 Å². The van der Waals surface area contributed by atoms with Crippen molar-refractivity contribution in [1.82, 2.24) is 0 Å². The Morgan fingerprint density at radius 2 is 1.00 bits per heavy atom. The molecule has 0 spiro atoms. The molecule has 6 heteroatoms. The third-order valence-corrected chi connectivity index (χ3v) is 6.11. The molecule has 4 rings (SSSR count). The Hall–Kier alpha value is -3.22. The van der Waals surface area contributed by atoms with Gasteiger partial charge in [-0.2, -0.15) is 0 Å². The average molecular weight is 433 g/mol. The van der Waals surface area contributed by atoms with Crippen LogP contribution in [0.5, 0.6) is 11.5 Å².